The first kappa shape index (κ1) is 17.7. The van der Waals surface area contributed by atoms with Gasteiger partial charge in [-0.25, -0.2) is 0 Å². The van der Waals surface area contributed by atoms with E-state index in [1.165, 1.54) is 13.8 Å². The van der Waals surface area contributed by atoms with Crippen LogP contribution in [0.15, 0.2) is 34.9 Å². The predicted molar refractivity (Wildman–Crippen MR) is 99.4 cm³/mol. The van der Waals surface area contributed by atoms with E-state index in [2.05, 4.69) is 10.1 Å². The average Bonchev–Trinajstić information content (AvgIpc) is 3.03. The fraction of sp³-hybridized carbons (Fsp3) is 0.238. The van der Waals surface area contributed by atoms with E-state index in [-0.39, 0.29) is 11.6 Å². The number of aryl methyl sites for hydroxylation is 3. The summed E-state index contributed by atoms with van der Waals surface area (Å²) in [4.78, 5) is 28.9. The maximum atomic E-state index is 12.3. The molecule has 3 rings (SSSR count). The van der Waals surface area contributed by atoms with Gasteiger partial charge in [-0.05, 0) is 34.6 Å². The summed E-state index contributed by atoms with van der Waals surface area (Å²) in [5.74, 6) is 0.260. The van der Waals surface area contributed by atoms with Gasteiger partial charge in [-0.15, -0.1) is 0 Å². The molecule has 0 amide bonds. The number of aromatic nitrogens is 2. The van der Waals surface area contributed by atoms with Gasteiger partial charge in [0.15, 0.2) is 17.3 Å². The maximum Gasteiger partial charge on any atom is 0.167 e. The Balaban J connectivity index is 2.25. The van der Waals surface area contributed by atoms with Gasteiger partial charge in [0.05, 0.1) is 0 Å². The molecule has 2 aromatic heterocycles. The maximum absolute atomic E-state index is 12.3. The number of hydrogen-bond donors (Lipinski definition) is 0. The van der Waals surface area contributed by atoms with Crippen LogP contribution >= 0.6 is 0 Å². The molecular formula is C21H20N2O3. The van der Waals surface area contributed by atoms with Crippen molar-refractivity contribution in [3.8, 4) is 22.6 Å². The number of ketones is 2. The van der Waals surface area contributed by atoms with Crippen molar-refractivity contribution >= 4 is 11.6 Å². The van der Waals surface area contributed by atoms with E-state index in [0.29, 0.717) is 39.5 Å². The number of pyridine rings is 1. The van der Waals surface area contributed by atoms with Crippen molar-refractivity contribution in [1.29, 1.82) is 0 Å². The van der Waals surface area contributed by atoms with Crippen LogP contribution in [0, 0.1) is 20.8 Å². The minimum atomic E-state index is -0.160. The molecule has 132 valence electrons. The van der Waals surface area contributed by atoms with E-state index >= 15 is 0 Å². The van der Waals surface area contributed by atoms with Crippen molar-refractivity contribution in [2.75, 3.05) is 0 Å². The SMILES string of the molecule is CC(=O)c1c(C)nc(C)c(C(C)=O)c1-c1cc(-c2ccc(C)cc2)on1. The van der Waals surface area contributed by atoms with Crippen molar-refractivity contribution in [2.24, 2.45) is 0 Å². The number of benzene rings is 1. The highest BCUT2D eigenvalue weighted by atomic mass is 16.5. The predicted octanol–water partition coefficient (Wildman–Crippen LogP) is 4.73. The van der Waals surface area contributed by atoms with Gasteiger partial charge in [-0.3, -0.25) is 14.6 Å². The fourth-order valence-corrected chi connectivity index (χ4v) is 3.21. The second kappa shape index (κ2) is 6.67. The van der Waals surface area contributed by atoms with Crippen molar-refractivity contribution < 1.29 is 14.1 Å². The van der Waals surface area contributed by atoms with E-state index in [1.54, 1.807) is 19.9 Å². The first-order valence-corrected chi connectivity index (χ1v) is 8.36. The third-order valence-corrected chi connectivity index (χ3v) is 4.37. The van der Waals surface area contributed by atoms with Crippen LogP contribution in [0.5, 0.6) is 0 Å². The molecule has 0 aliphatic heterocycles. The molecule has 0 spiro atoms. The van der Waals surface area contributed by atoms with E-state index in [1.807, 2.05) is 31.2 Å². The van der Waals surface area contributed by atoms with Gasteiger partial charge in [0.2, 0.25) is 0 Å². The molecule has 26 heavy (non-hydrogen) atoms. The van der Waals surface area contributed by atoms with Crippen LogP contribution in [-0.4, -0.2) is 21.7 Å². The molecule has 5 heteroatoms. The zero-order valence-corrected chi connectivity index (χ0v) is 15.5. The summed E-state index contributed by atoms with van der Waals surface area (Å²) in [6.45, 7) is 8.47. The number of carbonyl (C=O) groups excluding carboxylic acids is 2. The van der Waals surface area contributed by atoms with Crippen LogP contribution in [0.2, 0.25) is 0 Å². The second-order valence-corrected chi connectivity index (χ2v) is 6.46. The molecule has 0 bridgehead atoms. The minimum Gasteiger partial charge on any atom is -0.356 e. The normalized spacial score (nSPS) is 10.8. The van der Waals surface area contributed by atoms with Gasteiger partial charge in [-0.2, -0.15) is 0 Å². The second-order valence-electron chi connectivity index (χ2n) is 6.46. The molecular weight excluding hydrogens is 328 g/mol. The lowest BCUT2D eigenvalue weighted by Crippen LogP contribution is -2.11. The minimum absolute atomic E-state index is 0.160. The molecule has 0 saturated carbocycles. The molecule has 3 aromatic rings. The highest BCUT2D eigenvalue weighted by Gasteiger charge is 2.25. The Morgan fingerprint density at radius 3 is 1.92 bits per heavy atom. The van der Waals surface area contributed by atoms with E-state index in [9.17, 15) is 9.59 Å². The van der Waals surface area contributed by atoms with E-state index < -0.39 is 0 Å². The average molecular weight is 348 g/mol. The standard InChI is InChI=1S/C21H20N2O3/c1-11-6-8-16(9-7-11)18-10-17(23-26-18)21-19(14(4)24)12(2)22-13(3)20(21)15(5)25/h6-10H,1-5H3. The molecule has 0 N–H and O–H groups in total. The van der Waals surface area contributed by atoms with Gasteiger partial charge in [0.1, 0.15) is 5.69 Å². The highest BCUT2D eigenvalue weighted by molar-refractivity contribution is 6.09. The zero-order valence-electron chi connectivity index (χ0n) is 15.5. The Hall–Kier alpha value is -3.08. The third kappa shape index (κ3) is 3.08. The Kier molecular flexibility index (Phi) is 4.55. The largest absolute Gasteiger partial charge is 0.356 e. The van der Waals surface area contributed by atoms with Crippen molar-refractivity contribution in [1.82, 2.24) is 10.1 Å². The smallest absolute Gasteiger partial charge is 0.167 e. The molecule has 5 nitrogen and oxygen atoms in total. The van der Waals surface area contributed by atoms with Crippen molar-refractivity contribution in [3.63, 3.8) is 0 Å². The number of Topliss-reactive ketones (excluding diaryl/α,β-unsaturated/α-hetero) is 2. The Labute approximate surface area is 152 Å². The Morgan fingerprint density at radius 2 is 1.42 bits per heavy atom. The van der Waals surface area contributed by atoms with Crippen molar-refractivity contribution in [3.05, 3.63) is 58.4 Å². The molecule has 0 aliphatic rings. The zero-order chi connectivity index (χ0) is 19.0. The number of rotatable bonds is 4. The lowest BCUT2D eigenvalue weighted by Gasteiger charge is -2.14. The van der Waals surface area contributed by atoms with Crippen LogP contribution in [0.4, 0.5) is 0 Å². The summed E-state index contributed by atoms with van der Waals surface area (Å²) >= 11 is 0. The number of nitrogens with zero attached hydrogens (tertiary/aromatic N) is 2. The van der Waals surface area contributed by atoms with E-state index in [4.69, 9.17) is 4.52 Å². The summed E-state index contributed by atoms with van der Waals surface area (Å²) in [6, 6.07) is 9.62. The molecule has 1 aromatic carbocycles. The first-order chi connectivity index (χ1) is 12.3. The van der Waals surface area contributed by atoms with Gasteiger partial charge in [-0.1, -0.05) is 35.0 Å². The van der Waals surface area contributed by atoms with Crippen LogP contribution in [0.3, 0.4) is 0 Å². The summed E-state index contributed by atoms with van der Waals surface area (Å²) in [7, 11) is 0. The third-order valence-electron chi connectivity index (χ3n) is 4.37. The fourth-order valence-electron chi connectivity index (χ4n) is 3.21. The van der Waals surface area contributed by atoms with Gasteiger partial charge in [0, 0.05) is 39.7 Å². The van der Waals surface area contributed by atoms with Crippen molar-refractivity contribution in [2.45, 2.75) is 34.6 Å². The summed E-state index contributed by atoms with van der Waals surface area (Å²) in [5.41, 5.74) is 4.96. The summed E-state index contributed by atoms with van der Waals surface area (Å²) in [5, 5.41) is 4.15. The lowest BCUT2D eigenvalue weighted by molar-refractivity contribution is 0.101. The van der Waals surface area contributed by atoms with Crippen LogP contribution in [-0.2, 0) is 0 Å². The van der Waals surface area contributed by atoms with Gasteiger partial charge in [0.25, 0.3) is 0 Å². The molecule has 0 aliphatic carbocycles. The topological polar surface area (TPSA) is 73.1 Å². The van der Waals surface area contributed by atoms with Crippen LogP contribution in [0.25, 0.3) is 22.6 Å². The molecule has 0 radical (unpaired) electrons. The van der Waals surface area contributed by atoms with Gasteiger partial charge >= 0.3 is 0 Å². The molecule has 0 fully saturated rings. The lowest BCUT2D eigenvalue weighted by atomic mass is 9.92. The van der Waals surface area contributed by atoms with Crippen LogP contribution in [0.1, 0.15) is 51.5 Å². The number of hydrogen-bond acceptors (Lipinski definition) is 5. The molecule has 0 saturated heterocycles. The first-order valence-electron chi connectivity index (χ1n) is 8.36. The quantitative estimate of drug-likeness (QED) is 0.637. The van der Waals surface area contributed by atoms with Crippen LogP contribution < -0.4 is 0 Å². The van der Waals surface area contributed by atoms with E-state index in [0.717, 1.165) is 11.1 Å². The monoisotopic (exact) mass is 348 g/mol. The summed E-state index contributed by atoms with van der Waals surface area (Å²) < 4.78 is 5.50. The molecule has 0 unspecified atom stereocenters. The Morgan fingerprint density at radius 1 is 0.885 bits per heavy atom. The molecule has 2 heterocycles. The number of carbonyl (C=O) groups is 2. The highest BCUT2D eigenvalue weighted by Crippen LogP contribution is 2.33. The Bertz CT molecular complexity index is 976. The molecule has 0 atom stereocenters. The van der Waals surface area contributed by atoms with Gasteiger partial charge < -0.3 is 4.52 Å². The summed E-state index contributed by atoms with van der Waals surface area (Å²) in [6.07, 6.45) is 0.